The van der Waals surface area contributed by atoms with Gasteiger partial charge in [0.1, 0.15) is 11.2 Å². The Labute approximate surface area is 266 Å². The van der Waals surface area contributed by atoms with E-state index in [0.29, 0.717) is 48.8 Å². The average Bonchev–Trinajstić information content (AvgIpc) is 3.08. The highest BCUT2D eigenvalue weighted by atomic mass is 79.9. The summed E-state index contributed by atoms with van der Waals surface area (Å²) in [4.78, 5) is 46.8. The molecular formula is C34H38BrN5O4. The van der Waals surface area contributed by atoms with Crippen LogP contribution in [-0.4, -0.2) is 48.1 Å². The van der Waals surface area contributed by atoms with Gasteiger partial charge < -0.3 is 24.4 Å². The van der Waals surface area contributed by atoms with Gasteiger partial charge in [-0.2, -0.15) is 0 Å². The van der Waals surface area contributed by atoms with E-state index < -0.39 is 5.41 Å². The van der Waals surface area contributed by atoms with Crippen molar-refractivity contribution in [2.24, 2.45) is 5.41 Å². The van der Waals surface area contributed by atoms with Gasteiger partial charge in [-0.3, -0.25) is 19.4 Å². The molecule has 0 saturated heterocycles. The first-order chi connectivity index (χ1) is 21.1. The molecule has 1 unspecified atom stereocenters. The molecule has 230 valence electrons. The van der Waals surface area contributed by atoms with E-state index in [2.05, 4.69) is 26.2 Å². The minimum Gasteiger partial charge on any atom is -0.493 e. The van der Waals surface area contributed by atoms with Gasteiger partial charge in [0.05, 0.1) is 18.0 Å². The minimum absolute atomic E-state index is 0.00578. The molecule has 2 amide bonds. The lowest BCUT2D eigenvalue weighted by atomic mass is 9.90. The van der Waals surface area contributed by atoms with Crippen LogP contribution in [0.2, 0.25) is 0 Å². The molecule has 0 fully saturated rings. The fraction of sp³-hybridized carbons (Fsp3) is 0.353. The lowest BCUT2D eigenvalue weighted by Gasteiger charge is -2.27. The van der Waals surface area contributed by atoms with Gasteiger partial charge in [0.25, 0.3) is 5.56 Å². The van der Waals surface area contributed by atoms with Gasteiger partial charge in [0.2, 0.25) is 11.8 Å². The van der Waals surface area contributed by atoms with E-state index in [1.807, 2.05) is 67.7 Å². The molecule has 2 aromatic heterocycles. The number of ether oxygens (including phenoxy) is 1. The highest BCUT2D eigenvalue weighted by molar-refractivity contribution is 9.10. The number of anilines is 2. The lowest BCUT2D eigenvalue weighted by molar-refractivity contribution is -0.137. The predicted octanol–water partition coefficient (Wildman–Crippen LogP) is 5.70. The maximum absolute atomic E-state index is 13.1. The van der Waals surface area contributed by atoms with E-state index >= 15 is 0 Å². The number of hydrogen-bond donors (Lipinski definition) is 1. The summed E-state index contributed by atoms with van der Waals surface area (Å²) in [5, 5.41) is 5.24. The van der Waals surface area contributed by atoms with Gasteiger partial charge in [0.15, 0.2) is 0 Å². The number of fused-ring (bicyclic) bond motifs is 2. The largest absolute Gasteiger partial charge is 0.493 e. The second-order valence-corrected chi connectivity index (χ2v) is 12.4. The molecule has 1 aliphatic heterocycles. The van der Waals surface area contributed by atoms with E-state index in [4.69, 9.17) is 4.74 Å². The van der Waals surface area contributed by atoms with Crippen LogP contribution in [0.1, 0.15) is 45.2 Å². The van der Waals surface area contributed by atoms with Gasteiger partial charge in [-0.15, -0.1) is 0 Å². The quantitative estimate of drug-likeness (QED) is 0.164. The topological polar surface area (TPSA) is 96.8 Å². The van der Waals surface area contributed by atoms with E-state index in [-0.39, 0.29) is 23.4 Å². The number of aromatic nitrogens is 2. The Bertz CT molecular complexity index is 1720. The molecule has 9 nitrogen and oxygen atoms in total. The number of rotatable bonds is 11. The summed E-state index contributed by atoms with van der Waals surface area (Å²) in [5.74, 6) is 0.180. The molecule has 3 heterocycles. The molecule has 5 rings (SSSR count). The van der Waals surface area contributed by atoms with Crippen molar-refractivity contribution in [1.82, 2.24) is 14.9 Å². The van der Waals surface area contributed by atoms with Crippen molar-refractivity contribution in [2.75, 3.05) is 36.5 Å². The minimum atomic E-state index is -1.15. The number of aryl methyl sites for hydroxylation is 1. The van der Waals surface area contributed by atoms with Gasteiger partial charge in [-0.1, -0.05) is 22.0 Å². The summed E-state index contributed by atoms with van der Waals surface area (Å²) in [5.41, 5.74) is 1.30. The van der Waals surface area contributed by atoms with Crippen LogP contribution >= 0.6 is 15.9 Å². The van der Waals surface area contributed by atoms with Crippen molar-refractivity contribution in [1.29, 1.82) is 0 Å². The zero-order chi connectivity index (χ0) is 31.4. The molecule has 0 spiro atoms. The first-order valence-corrected chi connectivity index (χ1v) is 15.7. The number of halogens is 1. The molecule has 44 heavy (non-hydrogen) atoms. The van der Waals surface area contributed by atoms with Crippen LogP contribution < -0.4 is 25.4 Å². The highest BCUT2D eigenvalue weighted by Gasteiger charge is 2.45. The van der Waals surface area contributed by atoms with Gasteiger partial charge in [-0.25, -0.2) is 0 Å². The summed E-state index contributed by atoms with van der Waals surface area (Å²) in [7, 11) is 1.70. The Morgan fingerprint density at radius 3 is 2.50 bits per heavy atom. The number of carbonyl (C=O) groups is 2. The Balaban J connectivity index is 1.22. The van der Waals surface area contributed by atoms with E-state index in [1.54, 1.807) is 47.7 Å². The molecule has 1 atom stereocenters. The zero-order valence-electron chi connectivity index (χ0n) is 25.5. The van der Waals surface area contributed by atoms with Crippen molar-refractivity contribution in [3.63, 3.8) is 0 Å². The number of pyridine rings is 2. The first-order valence-electron chi connectivity index (χ1n) is 14.9. The normalized spacial score (nSPS) is 15.3. The third-order valence-corrected chi connectivity index (χ3v) is 8.72. The average molecular weight is 661 g/mol. The Hall–Kier alpha value is -4.02. The van der Waals surface area contributed by atoms with Crippen LogP contribution in [0.5, 0.6) is 5.75 Å². The van der Waals surface area contributed by atoms with E-state index in [1.165, 1.54) is 0 Å². The fourth-order valence-corrected chi connectivity index (χ4v) is 6.05. The monoisotopic (exact) mass is 659 g/mol. The van der Waals surface area contributed by atoms with Crippen LogP contribution in [0.15, 0.2) is 82.5 Å². The number of hydrogen-bond acceptors (Lipinski definition) is 6. The molecule has 1 N–H and O–H groups in total. The van der Waals surface area contributed by atoms with E-state index in [0.717, 1.165) is 28.3 Å². The smallest absolute Gasteiger partial charge is 0.258 e. The molecule has 0 bridgehead atoms. The zero-order valence-corrected chi connectivity index (χ0v) is 27.1. The predicted molar refractivity (Wildman–Crippen MR) is 177 cm³/mol. The molecule has 4 aromatic rings. The summed E-state index contributed by atoms with van der Waals surface area (Å²) >= 11 is 3.47. The summed E-state index contributed by atoms with van der Waals surface area (Å²) in [6.45, 7) is 7.44. The van der Waals surface area contributed by atoms with Crippen LogP contribution in [-0.2, 0) is 16.1 Å². The van der Waals surface area contributed by atoms with Crippen molar-refractivity contribution >= 4 is 49.9 Å². The molecule has 2 aromatic carbocycles. The third kappa shape index (κ3) is 6.42. The molecule has 1 aliphatic rings. The molecular weight excluding hydrogens is 622 g/mol. The number of carbonyl (C=O) groups excluding carboxylic acids is 2. The van der Waals surface area contributed by atoms with Gasteiger partial charge in [-0.05, 0) is 93.6 Å². The number of benzene rings is 2. The van der Waals surface area contributed by atoms with Crippen molar-refractivity contribution < 1.29 is 14.3 Å². The summed E-state index contributed by atoms with van der Waals surface area (Å²) in [6.07, 6.45) is 6.88. The fourth-order valence-electron chi connectivity index (χ4n) is 5.69. The molecule has 0 saturated carbocycles. The van der Waals surface area contributed by atoms with Crippen molar-refractivity contribution in [3.05, 3.63) is 93.6 Å². The summed E-state index contributed by atoms with van der Waals surface area (Å²) < 4.78 is 8.73. The van der Waals surface area contributed by atoms with E-state index in [9.17, 15) is 14.4 Å². The first kappa shape index (κ1) is 31.4. The van der Waals surface area contributed by atoms with Gasteiger partial charge in [0, 0.05) is 60.7 Å². The summed E-state index contributed by atoms with van der Waals surface area (Å²) in [6, 6.07) is 17.3. The maximum atomic E-state index is 13.1. The number of nitrogens with one attached hydrogen (secondary N) is 1. The van der Waals surface area contributed by atoms with Crippen LogP contribution in [0.4, 0.5) is 11.4 Å². The second-order valence-electron chi connectivity index (χ2n) is 11.5. The molecule has 0 radical (unpaired) electrons. The second kappa shape index (κ2) is 13.3. The molecule has 10 heteroatoms. The van der Waals surface area contributed by atoms with Crippen LogP contribution in [0.3, 0.4) is 0 Å². The standard InChI is InChI=1S/C34H38BrN5O4/c1-5-40-29-10-9-26(22-30(29)38(4)32(42)34(2,3)33(40)43)44-20-6-15-37-28(24-11-16-36-17-12-24)14-19-39-18-13-23-7-8-25(35)21-27(23)31(39)41/h7-13,16-18,21-22,28,37H,5-6,14-15,19-20H2,1-4H3. The van der Waals surface area contributed by atoms with Crippen LogP contribution in [0, 0.1) is 5.41 Å². The van der Waals surface area contributed by atoms with Crippen molar-refractivity contribution in [3.8, 4) is 5.75 Å². The number of amides is 2. The Kier molecular flexibility index (Phi) is 9.51. The molecule has 0 aliphatic carbocycles. The lowest BCUT2D eigenvalue weighted by Crippen LogP contribution is -2.47. The van der Waals surface area contributed by atoms with Crippen molar-refractivity contribution in [2.45, 2.75) is 46.2 Å². The van der Waals surface area contributed by atoms with Crippen LogP contribution in [0.25, 0.3) is 10.8 Å². The number of nitrogens with zero attached hydrogens (tertiary/aromatic N) is 4. The Morgan fingerprint density at radius 2 is 1.75 bits per heavy atom. The SMILES string of the molecule is CCN1C(=O)C(C)(C)C(=O)N(C)c2cc(OCCCNC(CCn3ccc4ccc(Br)cc4c3=O)c3ccncc3)ccc21. The van der Waals surface area contributed by atoms with Gasteiger partial charge >= 0.3 is 0 Å². The Morgan fingerprint density at radius 1 is 0.977 bits per heavy atom. The maximum Gasteiger partial charge on any atom is 0.258 e. The highest BCUT2D eigenvalue weighted by Crippen LogP contribution is 2.40. The third-order valence-electron chi connectivity index (χ3n) is 8.22.